The molecule has 1 N–H and O–H groups in total. The van der Waals surface area contributed by atoms with Gasteiger partial charge in [-0.3, -0.25) is 9.36 Å². The van der Waals surface area contributed by atoms with E-state index in [4.69, 9.17) is 0 Å². The molecule has 2 aromatic heterocycles. The molecule has 3 heterocycles. The van der Waals surface area contributed by atoms with E-state index in [0.29, 0.717) is 6.04 Å². The van der Waals surface area contributed by atoms with Gasteiger partial charge < -0.3 is 10.2 Å². The molecule has 1 fully saturated rings. The summed E-state index contributed by atoms with van der Waals surface area (Å²) >= 11 is 1.72. The van der Waals surface area contributed by atoms with E-state index in [2.05, 4.69) is 77.8 Å². The first kappa shape index (κ1) is 20.2. The Labute approximate surface area is 186 Å². The zero-order chi connectivity index (χ0) is 21.4. The number of carbonyl (C=O) groups is 1. The first-order chi connectivity index (χ1) is 15.1. The molecule has 1 saturated heterocycles. The number of rotatable bonds is 5. The number of carbonyl (C=O) groups excluding carboxylic acids is 1. The van der Waals surface area contributed by atoms with E-state index in [-0.39, 0.29) is 5.91 Å². The molecule has 5 heteroatoms. The van der Waals surface area contributed by atoms with Crippen LogP contribution in [0.5, 0.6) is 0 Å². The van der Waals surface area contributed by atoms with Crippen LogP contribution in [-0.4, -0.2) is 41.6 Å². The quantitative estimate of drug-likeness (QED) is 0.424. The second-order valence-corrected chi connectivity index (χ2v) is 9.38. The van der Waals surface area contributed by atoms with Gasteiger partial charge in [-0.1, -0.05) is 24.8 Å². The first-order valence-electron chi connectivity index (χ1n) is 10.8. The van der Waals surface area contributed by atoms with Crippen LogP contribution in [-0.2, 0) is 6.54 Å². The van der Waals surface area contributed by atoms with Crippen LogP contribution in [0.25, 0.3) is 32.2 Å². The summed E-state index contributed by atoms with van der Waals surface area (Å²) in [5, 5.41) is 8.12. The van der Waals surface area contributed by atoms with Crippen LogP contribution >= 0.6 is 11.3 Å². The topological polar surface area (TPSA) is 37.3 Å². The number of nitrogens with one attached hydrogen (secondary N) is 1. The molecule has 5 rings (SSSR count). The highest BCUT2D eigenvalue weighted by atomic mass is 32.1. The van der Waals surface area contributed by atoms with Crippen LogP contribution in [0.1, 0.15) is 23.2 Å². The molecule has 31 heavy (non-hydrogen) atoms. The normalized spacial score (nSPS) is 15.6. The number of benzene rings is 2. The maximum atomic E-state index is 12.8. The third kappa shape index (κ3) is 3.97. The van der Waals surface area contributed by atoms with Gasteiger partial charge in [0.25, 0.3) is 5.91 Å². The van der Waals surface area contributed by atoms with Crippen molar-refractivity contribution in [2.75, 3.05) is 20.1 Å². The number of nitrogens with zero attached hydrogens (tertiary/aromatic N) is 2. The minimum Gasteiger partial charge on any atom is -0.310 e. The lowest BCUT2D eigenvalue weighted by Gasteiger charge is -2.29. The standard InChI is InChI=1S/C26H27N3OS/c1-3-26(30)29-23-7-4-18(17-27-22-8-11-28(2)12-9-22)14-21(23)15-24(29)20-6-5-19-10-13-31-25(19)16-20/h3-7,10,13-16,22,27H,1,8-9,11-12,17H2,2H3. The fraction of sp³-hybridized carbons (Fsp3) is 0.269. The van der Waals surface area contributed by atoms with Crippen molar-refractivity contribution in [1.29, 1.82) is 0 Å². The van der Waals surface area contributed by atoms with Crippen LogP contribution in [0.4, 0.5) is 0 Å². The Hall–Kier alpha value is -2.73. The lowest BCUT2D eigenvalue weighted by Crippen LogP contribution is -2.40. The van der Waals surface area contributed by atoms with E-state index in [1.807, 2.05) is 0 Å². The number of thiophene rings is 1. The van der Waals surface area contributed by atoms with Crippen molar-refractivity contribution in [3.05, 3.63) is 72.1 Å². The SMILES string of the molecule is C=CC(=O)n1c(-c2ccc3ccsc3c2)cc2cc(CNC3CCN(C)CC3)ccc21. The van der Waals surface area contributed by atoms with Crippen LogP contribution < -0.4 is 5.32 Å². The molecule has 2 aromatic carbocycles. The second kappa shape index (κ2) is 8.42. The molecule has 0 atom stereocenters. The van der Waals surface area contributed by atoms with Gasteiger partial charge in [-0.15, -0.1) is 11.3 Å². The molecule has 158 valence electrons. The summed E-state index contributed by atoms with van der Waals surface area (Å²) in [5.41, 5.74) is 4.13. The fourth-order valence-corrected chi connectivity index (χ4v) is 5.33. The average Bonchev–Trinajstić information content (AvgIpc) is 3.41. The summed E-state index contributed by atoms with van der Waals surface area (Å²) in [4.78, 5) is 15.2. The molecular formula is C26H27N3OS. The van der Waals surface area contributed by atoms with Crippen molar-refractivity contribution in [3.8, 4) is 11.3 Å². The third-order valence-electron chi connectivity index (χ3n) is 6.33. The highest BCUT2D eigenvalue weighted by Crippen LogP contribution is 2.32. The molecule has 0 bridgehead atoms. The Morgan fingerprint density at radius 1 is 1.13 bits per heavy atom. The van der Waals surface area contributed by atoms with Gasteiger partial charge in [-0.25, -0.2) is 0 Å². The van der Waals surface area contributed by atoms with E-state index in [1.165, 1.54) is 34.6 Å². The fourth-order valence-electron chi connectivity index (χ4n) is 4.50. The number of piperidine rings is 1. The second-order valence-electron chi connectivity index (χ2n) is 8.43. The maximum absolute atomic E-state index is 12.8. The monoisotopic (exact) mass is 429 g/mol. The number of hydrogen-bond donors (Lipinski definition) is 1. The van der Waals surface area contributed by atoms with Crippen molar-refractivity contribution in [2.24, 2.45) is 0 Å². The van der Waals surface area contributed by atoms with Gasteiger partial charge >= 0.3 is 0 Å². The molecule has 0 saturated carbocycles. The minimum absolute atomic E-state index is 0.103. The zero-order valence-electron chi connectivity index (χ0n) is 17.8. The number of likely N-dealkylation sites (tertiary alicyclic amines) is 1. The molecule has 0 aliphatic carbocycles. The summed E-state index contributed by atoms with van der Waals surface area (Å²) in [6.07, 6.45) is 3.78. The molecular weight excluding hydrogens is 402 g/mol. The minimum atomic E-state index is -0.103. The maximum Gasteiger partial charge on any atom is 0.254 e. The third-order valence-corrected chi connectivity index (χ3v) is 7.21. The van der Waals surface area contributed by atoms with Gasteiger partial charge in [0.05, 0.1) is 11.2 Å². The van der Waals surface area contributed by atoms with Gasteiger partial charge in [0, 0.05) is 28.2 Å². The molecule has 0 spiro atoms. The summed E-state index contributed by atoms with van der Waals surface area (Å²) in [7, 11) is 2.19. The van der Waals surface area contributed by atoms with E-state index < -0.39 is 0 Å². The molecule has 1 aliphatic rings. The predicted octanol–water partition coefficient (Wildman–Crippen LogP) is 5.53. The van der Waals surface area contributed by atoms with E-state index in [1.54, 1.807) is 15.9 Å². The number of hydrogen-bond acceptors (Lipinski definition) is 4. The highest BCUT2D eigenvalue weighted by Gasteiger charge is 2.18. The molecule has 1 aliphatic heterocycles. The van der Waals surface area contributed by atoms with E-state index >= 15 is 0 Å². The lowest BCUT2D eigenvalue weighted by molar-refractivity contribution is 0.0976. The Morgan fingerprint density at radius 3 is 2.77 bits per heavy atom. The Morgan fingerprint density at radius 2 is 1.97 bits per heavy atom. The lowest BCUT2D eigenvalue weighted by atomic mass is 10.0. The molecule has 0 radical (unpaired) electrons. The van der Waals surface area contributed by atoms with Crippen LogP contribution in [0.15, 0.2) is 66.6 Å². The molecule has 0 unspecified atom stereocenters. The average molecular weight is 430 g/mol. The van der Waals surface area contributed by atoms with Gasteiger partial charge in [-0.2, -0.15) is 0 Å². The van der Waals surface area contributed by atoms with Crippen LogP contribution in [0.2, 0.25) is 0 Å². The van der Waals surface area contributed by atoms with Crippen LogP contribution in [0.3, 0.4) is 0 Å². The smallest absolute Gasteiger partial charge is 0.254 e. The first-order valence-corrected chi connectivity index (χ1v) is 11.7. The summed E-state index contributed by atoms with van der Waals surface area (Å²) in [6, 6.07) is 17.6. The van der Waals surface area contributed by atoms with Gasteiger partial charge in [0.1, 0.15) is 0 Å². The van der Waals surface area contributed by atoms with Crippen molar-refractivity contribution in [3.63, 3.8) is 0 Å². The van der Waals surface area contributed by atoms with Crippen molar-refractivity contribution in [1.82, 2.24) is 14.8 Å². The van der Waals surface area contributed by atoms with Crippen molar-refractivity contribution >= 4 is 38.2 Å². The zero-order valence-corrected chi connectivity index (χ0v) is 18.6. The van der Waals surface area contributed by atoms with Gasteiger partial charge in [0.2, 0.25) is 0 Å². The Balaban J connectivity index is 1.48. The van der Waals surface area contributed by atoms with E-state index in [0.717, 1.165) is 41.8 Å². The van der Waals surface area contributed by atoms with Gasteiger partial charge in [0.15, 0.2) is 0 Å². The summed E-state index contributed by atoms with van der Waals surface area (Å²) < 4.78 is 3.01. The predicted molar refractivity (Wildman–Crippen MR) is 131 cm³/mol. The van der Waals surface area contributed by atoms with Gasteiger partial charge in [-0.05, 0) is 85.7 Å². The summed E-state index contributed by atoms with van der Waals surface area (Å²) in [6.45, 7) is 6.88. The summed E-state index contributed by atoms with van der Waals surface area (Å²) in [5.74, 6) is -0.103. The molecule has 0 amide bonds. The number of aromatic nitrogens is 1. The number of fused-ring (bicyclic) bond motifs is 2. The Kier molecular flexibility index (Phi) is 5.48. The highest BCUT2D eigenvalue weighted by molar-refractivity contribution is 7.17. The van der Waals surface area contributed by atoms with E-state index in [9.17, 15) is 4.79 Å². The molecule has 4 aromatic rings. The Bertz CT molecular complexity index is 1260. The van der Waals surface area contributed by atoms with Crippen LogP contribution in [0, 0.1) is 0 Å². The number of allylic oxidation sites excluding steroid dienone is 1. The molecule has 4 nitrogen and oxygen atoms in total. The van der Waals surface area contributed by atoms with Crippen molar-refractivity contribution < 1.29 is 4.79 Å². The van der Waals surface area contributed by atoms with Crippen molar-refractivity contribution in [2.45, 2.75) is 25.4 Å². The largest absolute Gasteiger partial charge is 0.310 e.